The molecule has 2 nitrogen and oxygen atoms in total. The molecule has 0 atom stereocenters. The Bertz CT molecular complexity index is 61.4. The van der Waals surface area contributed by atoms with Gasteiger partial charge in [0.05, 0.1) is 5.66 Å². The fourth-order valence-electron chi connectivity index (χ4n) is 0.744. The summed E-state index contributed by atoms with van der Waals surface area (Å²) in [6.45, 7) is 8.06. The van der Waals surface area contributed by atoms with Crippen LogP contribution in [0.15, 0.2) is 0 Å². The second-order valence-electron chi connectivity index (χ2n) is 3.02. The summed E-state index contributed by atoms with van der Waals surface area (Å²) in [5.74, 6) is 0. The topological polar surface area (TPSA) is 38.0 Å². The Morgan fingerprint density at radius 2 is 1.75 bits per heavy atom. The van der Waals surface area contributed by atoms with Crippen LogP contribution >= 0.6 is 0 Å². The highest BCUT2D eigenvalue weighted by Gasteiger charge is 2.09. The minimum atomic E-state index is -0.228. The first-order chi connectivity index (χ1) is 3.42. The first-order valence-electron chi connectivity index (χ1n) is 2.98. The van der Waals surface area contributed by atoms with Crippen LogP contribution in [0.25, 0.3) is 0 Å². The second kappa shape index (κ2) is 2.46. The van der Waals surface area contributed by atoms with Crippen molar-refractivity contribution in [2.75, 3.05) is 0 Å². The molecule has 8 heavy (non-hydrogen) atoms. The van der Waals surface area contributed by atoms with Gasteiger partial charge in [-0.2, -0.15) is 0 Å². The first kappa shape index (κ1) is 7.92. The van der Waals surface area contributed by atoms with E-state index in [0.717, 1.165) is 0 Å². The molecule has 0 amide bonds. The van der Waals surface area contributed by atoms with Crippen molar-refractivity contribution >= 4 is 0 Å². The highest BCUT2D eigenvalue weighted by molar-refractivity contribution is 4.70. The molecule has 0 saturated carbocycles. The standard InChI is InChI=1S/C6H16N2/c1-5(2)8-6(3,4)7/h5,8H,7H2,1-4H3. The minimum Gasteiger partial charge on any atom is -0.314 e. The van der Waals surface area contributed by atoms with Crippen molar-refractivity contribution in [3.63, 3.8) is 0 Å². The summed E-state index contributed by atoms with van der Waals surface area (Å²) in [6.07, 6.45) is 0. The highest BCUT2D eigenvalue weighted by Crippen LogP contribution is 1.91. The molecule has 0 heterocycles. The Labute approximate surface area is 51.5 Å². The van der Waals surface area contributed by atoms with Gasteiger partial charge in [-0.15, -0.1) is 0 Å². The largest absolute Gasteiger partial charge is 0.314 e. The minimum absolute atomic E-state index is 0.228. The quantitative estimate of drug-likeness (QED) is 0.521. The van der Waals surface area contributed by atoms with Gasteiger partial charge in [0.2, 0.25) is 0 Å². The molecule has 0 aromatic rings. The molecule has 50 valence electrons. The van der Waals surface area contributed by atoms with Crippen LogP contribution in [0.3, 0.4) is 0 Å². The molecular formula is C6H16N2. The van der Waals surface area contributed by atoms with Gasteiger partial charge in [-0.05, 0) is 27.7 Å². The maximum absolute atomic E-state index is 5.63. The molecule has 0 saturated heterocycles. The van der Waals surface area contributed by atoms with Gasteiger partial charge in [-0.3, -0.25) is 5.32 Å². The van der Waals surface area contributed by atoms with Gasteiger partial charge in [0.25, 0.3) is 0 Å². The van der Waals surface area contributed by atoms with Crippen LogP contribution in [0.2, 0.25) is 0 Å². The Hall–Kier alpha value is -0.0800. The van der Waals surface area contributed by atoms with Crippen molar-refractivity contribution in [3.8, 4) is 0 Å². The summed E-state index contributed by atoms with van der Waals surface area (Å²) >= 11 is 0. The van der Waals surface area contributed by atoms with Crippen molar-refractivity contribution in [1.29, 1.82) is 0 Å². The molecule has 0 fully saturated rings. The summed E-state index contributed by atoms with van der Waals surface area (Å²) in [4.78, 5) is 0. The predicted molar refractivity (Wildman–Crippen MR) is 36.5 cm³/mol. The summed E-state index contributed by atoms with van der Waals surface area (Å²) < 4.78 is 0. The van der Waals surface area contributed by atoms with Crippen LogP contribution < -0.4 is 11.1 Å². The number of hydrogen-bond donors (Lipinski definition) is 2. The molecular weight excluding hydrogens is 100 g/mol. The highest BCUT2D eigenvalue weighted by atomic mass is 15.1. The normalized spacial score (nSPS) is 12.8. The van der Waals surface area contributed by atoms with Crippen molar-refractivity contribution in [2.45, 2.75) is 39.4 Å². The van der Waals surface area contributed by atoms with Gasteiger partial charge < -0.3 is 5.73 Å². The molecule has 0 aliphatic carbocycles. The lowest BCUT2D eigenvalue weighted by molar-refractivity contribution is 0.367. The molecule has 0 aliphatic rings. The molecule has 2 heteroatoms. The van der Waals surface area contributed by atoms with E-state index in [-0.39, 0.29) is 5.66 Å². The molecule has 0 bridgehead atoms. The van der Waals surface area contributed by atoms with Gasteiger partial charge in [-0.1, -0.05) is 0 Å². The first-order valence-corrected chi connectivity index (χ1v) is 2.98. The molecule has 3 N–H and O–H groups in total. The zero-order chi connectivity index (χ0) is 6.78. The van der Waals surface area contributed by atoms with Crippen molar-refractivity contribution < 1.29 is 0 Å². The fourth-order valence-corrected chi connectivity index (χ4v) is 0.744. The smallest absolute Gasteiger partial charge is 0.0605 e. The van der Waals surface area contributed by atoms with E-state index in [0.29, 0.717) is 6.04 Å². The summed E-state index contributed by atoms with van der Waals surface area (Å²) in [7, 11) is 0. The zero-order valence-electron chi connectivity index (χ0n) is 6.15. The monoisotopic (exact) mass is 116 g/mol. The van der Waals surface area contributed by atoms with Gasteiger partial charge in [0.15, 0.2) is 0 Å². The van der Waals surface area contributed by atoms with E-state index in [2.05, 4.69) is 19.2 Å². The lowest BCUT2D eigenvalue weighted by Crippen LogP contribution is -2.50. The van der Waals surface area contributed by atoms with Gasteiger partial charge in [0, 0.05) is 6.04 Å². The van der Waals surface area contributed by atoms with Crippen LogP contribution in [-0.4, -0.2) is 11.7 Å². The van der Waals surface area contributed by atoms with Crippen molar-refractivity contribution in [2.24, 2.45) is 5.73 Å². The van der Waals surface area contributed by atoms with Gasteiger partial charge in [0.1, 0.15) is 0 Å². The van der Waals surface area contributed by atoms with Crippen LogP contribution in [0.4, 0.5) is 0 Å². The summed E-state index contributed by atoms with van der Waals surface area (Å²) in [6, 6.07) is 0.468. The third kappa shape index (κ3) is 5.92. The van der Waals surface area contributed by atoms with E-state index in [1.54, 1.807) is 0 Å². The van der Waals surface area contributed by atoms with E-state index < -0.39 is 0 Å². The maximum atomic E-state index is 5.63. The Kier molecular flexibility index (Phi) is 2.44. The Morgan fingerprint density at radius 3 is 1.75 bits per heavy atom. The van der Waals surface area contributed by atoms with Crippen LogP contribution in [0.5, 0.6) is 0 Å². The summed E-state index contributed by atoms with van der Waals surface area (Å²) in [5.41, 5.74) is 5.40. The molecule has 0 radical (unpaired) electrons. The maximum Gasteiger partial charge on any atom is 0.0605 e. The fraction of sp³-hybridized carbons (Fsp3) is 1.00. The lowest BCUT2D eigenvalue weighted by Gasteiger charge is -2.23. The van der Waals surface area contributed by atoms with Crippen molar-refractivity contribution in [1.82, 2.24) is 5.32 Å². The molecule has 0 aromatic heterocycles. The van der Waals surface area contributed by atoms with Gasteiger partial charge in [-0.25, -0.2) is 0 Å². The van der Waals surface area contributed by atoms with E-state index in [4.69, 9.17) is 5.73 Å². The van der Waals surface area contributed by atoms with Crippen molar-refractivity contribution in [3.05, 3.63) is 0 Å². The SMILES string of the molecule is CC(C)NC(C)(C)N. The lowest BCUT2D eigenvalue weighted by atomic mass is 10.2. The number of rotatable bonds is 2. The molecule has 0 aliphatic heterocycles. The van der Waals surface area contributed by atoms with E-state index in [1.807, 2.05) is 13.8 Å². The number of nitrogens with two attached hydrogens (primary N) is 1. The summed E-state index contributed by atoms with van der Waals surface area (Å²) in [5, 5.41) is 3.16. The molecule has 0 spiro atoms. The van der Waals surface area contributed by atoms with E-state index in [9.17, 15) is 0 Å². The molecule has 0 aromatic carbocycles. The van der Waals surface area contributed by atoms with Crippen LogP contribution in [0, 0.1) is 0 Å². The van der Waals surface area contributed by atoms with Gasteiger partial charge >= 0.3 is 0 Å². The third-order valence-electron chi connectivity index (χ3n) is 0.661. The molecule has 0 rings (SSSR count). The average molecular weight is 116 g/mol. The third-order valence-corrected chi connectivity index (χ3v) is 0.661. The molecule has 0 unspecified atom stereocenters. The average Bonchev–Trinajstić information content (AvgIpc) is 1.21. The van der Waals surface area contributed by atoms with Crippen LogP contribution in [0.1, 0.15) is 27.7 Å². The number of nitrogens with one attached hydrogen (secondary N) is 1. The predicted octanol–water partition coefficient (Wildman–Crippen LogP) is 0.679. The Balaban J connectivity index is 3.39. The Morgan fingerprint density at radius 1 is 1.38 bits per heavy atom. The van der Waals surface area contributed by atoms with E-state index >= 15 is 0 Å². The van der Waals surface area contributed by atoms with E-state index in [1.165, 1.54) is 0 Å². The zero-order valence-corrected chi connectivity index (χ0v) is 6.15. The second-order valence-corrected chi connectivity index (χ2v) is 3.02. The number of hydrogen-bond acceptors (Lipinski definition) is 2. The van der Waals surface area contributed by atoms with Crippen LogP contribution in [-0.2, 0) is 0 Å².